The monoisotopic (exact) mass is 1250 g/mol. The average Bonchev–Trinajstić information content (AvgIpc) is 1.39. The molecule has 92 heavy (non-hydrogen) atoms. The minimum absolute atomic E-state index is 0.0661. The van der Waals surface area contributed by atoms with Crippen LogP contribution in [0.3, 0.4) is 0 Å². The van der Waals surface area contributed by atoms with Crippen LogP contribution < -0.4 is 38.1 Å². The number of hydrogen-bond donors (Lipinski definition) is 0. The summed E-state index contributed by atoms with van der Waals surface area (Å²) < 4.78 is 55.0. The zero-order valence-corrected chi connectivity index (χ0v) is 50.9. The molecule has 25 heteroatoms. The number of benzene rings is 7. The number of hydrogen-bond acceptors (Lipinski definition) is 24. The molecule has 0 saturated heterocycles. The summed E-state index contributed by atoms with van der Waals surface area (Å²) in [7, 11) is 10.8. The standard InChI is InChI=1S/C22H19N3O5.C18H14N2O6.C18H14N2O5.C9H10O2/c1-4-29-22(26)20-17(13-5-9-15(27-2)10-6-13)19-21(25-30-24-19)18(23-20)14-7-11-16(28-3)12-8-14;1-24-13-7-3-11(4-8-13)17(21)15-16(20(23)26-19-15)18(22)12-5-9-14(25-2)10-6-12;1-23-13-7-3-11(4-8-13)17(21)15-16(20-25-19-15)18(22)12-5-9-14(24-2)10-6-12;1-7(10)8-3-5-9(11-2)6-4-8/h5-12H,4H2,1-3H3;3-10H,1-2H3;3-10H,1-2H3;3-6H,1-2H3. The van der Waals surface area contributed by atoms with E-state index in [-0.39, 0.29) is 51.2 Å². The summed E-state index contributed by atoms with van der Waals surface area (Å²) in [6.45, 7) is 3.50. The van der Waals surface area contributed by atoms with Gasteiger partial charge in [-0.05, 0) is 203 Å². The molecule has 4 aromatic heterocycles. The fourth-order valence-corrected chi connectivity index (χ4v) is 8.59. The quantitative estimate of drug-likeness (QED) is 0.0389. The van der Waals surface area contributed by atoms with Gasteiger partial charge in [0.05, 0.1) is 61.5 Å². The summed E-state index contributed by atoms with van der Waals surface area (Å²) in [5.41, 5.74) is 4.16. The van der Waals surface area contributed by atoms with Crippen LogP contribution in [-0.2, 0) is 4.74 Å². The van der Waals surface area contributed by atoms with Crippen molar-refractivity contribution >= 4 is 45.9 Å². The molecule has 0 aliphatic carbocycles. The predicted molar refractivity (Wildman–Crippen MR) is 328 cm³/mol. The van der Waals surface area contributed by atoms with Crippen molar-refractivity contribution in [2.45, 2.75) is 13.8 Å². The lowest BCUT2D eigenvalue weighted by molar-refractivity contribution is -0.803. The molecule has 0 saturated carbocycles. The first kappa shape index (κ1) is 65.6. The number of fused-ring (bicyclic) bond motifs is 1. The zero-order chi connectivity index (χ0) is 65.8. The summed E-state index contributed by atoms with van der Waals surface area (Å²) in [5.74, 6) is 1.83. The molecule has 0 atom stereocenters. The van der Waals surface area contributed by atoms with E-state index in [1.54, 1.807) is 157 Å². The molecule has 0 aliphatic rings. The lowest BCUT2D eigenvalue weighted by Crippen LogP contribution is -2.32. The van der Waals surface area contributed by atoms with E-state index in [4.69, 9.17) is 42.5 Å². The Labute approximate surface area is 524 Å². The third kappa shape index (κ3) is 15.5. The summed E-state index contributed by atoms with van der Waals surface area (Å²) >= 11 is 0. The molecular weight excluding hydrogens is 1190 g/mol. The number of esters is 1. The highest BCUT2D eigenvalue weighted by Crippen LogP contribution is 2.36. The van der Waals surface area contributed by atoms with Crippen LogP contribution in [-0.4, -0.2) is 122 Å². The first-order valence-electron chi connectivity index (χ1n) is 27.5. The van der Waals surface area contributed by atoms with Crippen molar-refractivity contribution in [2.24, 2.45) is 0 Å². The van der Waals surface area contributed by atoms with Crippen molar-refractivity contribution in [1.29, 1.82) is 0 Å². The smallest absolute Gasteiger partial charge is 0.357 e. The Morgan fingerprint density at radius 1 is 0.391 bits per heavy atom. The third-order valence-corrected chi connectivity index (χ3v) is 13.5. The molecule has 0 unspecified atom stereocenters. The predicted octanol–water partition coefficient (Wildman–Crippen LogP) is 10.4. The molecule has 0 fully saturated rings. The van der Waals surface area contributed by atoms with Crippen molar-refractivity contribution in [3.63, 3.8) is 0 Å². The van der Waals surface area contributed by atoms with E-state index in [2.05, 4.69) is 40.0 Å². The Balaban J connectivity index is 0.000000164. The summed E-state index contributed by atoms with van der Waals surface area (Å²) in [6, 6.07) is 46.7. The normalized spacial score (nSPS) is 10.4. The van der Waals surface area contributed by atoms with Gasteiger partial charge in [-0.1, -0.05) is 12.1 Å². The Kier molecular flexibility index (Phi) is 22.1. The maximum absolute atomic E-state index is 12.8. The molecule has 11 aromatic rings. The highest BCUT2D eigenvalue weighted by Gasteiger charge is 2.34. The number of carbonyl (C=O) groups excluding carboxylic acids is 6. The van der Waals surface area contributed by atoms with Crippen LogP contribution in [0, 0.1) is 5.21 Å². The number of carbonyl (C=O) groups is 6. The van der Waals surface area contributed by atoms with Gasteiger partial charge in [0.2, 0.25) is 23.1 Å². The Morgan fingerprint density at radius 2 is 0.717 bits per heavy atom. The molecule has 25 nitrogen and oxygen atoms in total. The molecule has 7 aromatic carbocycles. The van der Waals surface area contributed by atoms with Crippen LogP contribution in [0.5, 0.6) is 40.2 Å². The maximum atomic E-state index is 12.8. The van der Waals surface area contributed by atoms with E-state index >= 15 is 0 Å². The van der Waals surface area contributed by atoms with Crippen LogP contribution in [0.4, 0.5) is 0 Å². The van der Waals surface area contributed by atoms with Crippen molar-refractivity contribution in [3.8, 4) is 62.6 Å². The Morgan fingerprint density at radius 3 is 1.09 bits per heavy atom. The van der Waals surface area contributed by atoms with Gasteiger partial charge in [-0.25, -0.2) is 19.0 Å². The lowest BCUT2D eigenvalue weighted by atomic mass is 9.99. The third-order valence-electron chi connectivity index (χ3n) is 13.5. The highest BCUT2D eigenvalue weighted by molar-refractivity contribution is 6.18. The van der Waals surface area contributed by atoms with E-state index in [0.29, 0.717) is 79.0 Å². The lowest BCUT2D eigenvalue weighted by Gasteiger charge is -2.12. The van der Waals surface area contributed by atoms with E-state index < -0.39 is 34.8 Å². The fraction of sp³-hybridized carbons (Fsp3) is 0.149. The van der Waals surface area contributed by atoms with Crippen LogP contribution in [0.1, 0.15) is 98.9 Å². The van der Waals surface area contributed by atoms with Crippen LogP contribution in [0.15, 0.2) is 184 Å². The van der Waals surface area contributed by atoms with E-state index in [0.717, 1.165) is 11.3 Å². The summed E-state index contributed by atoms with van der Waals surface area (Å²) in [5, 5.41) is 30.7. The van der Waals surface area contributed by atoms with Gasteiger partial charge < -0.3 is 43.1 Å². The van der Waals surface area contributed by atoms with E-state index in [1.165, 1.54) is 52.7 Å². The molecular formula is C67H57N7O18. The molecule has 0 radical (unpaired) electrons. The number of methoxy groups -OCH3 is 7. The number of rotatable bonds is 20. The van der Waals surface area contributed by atoms with Gasteiger partial charge in [0.1, 0.15) is 51.5 Å². The zero-order valence-electron chi connectivity index (χ0n) is 50.9. The molecule has 4 heterocycles. The molecule has 468 valence electrons. The molecule has 0 N–H and O–H groups in total. The minimum Gasteiger partial charge on any atom is -0.497 e. The molecule has 11 rings (SSSR count). The fourth-order valence-electron chi connectivity index (χ4n) is 8.59. The SMILES string of the molecule is CCOC(=O)c1nc(-c2ccc(OC)cc2)c2nonc2c1-c1ccc(OC)cc1.COc1ccc(C(=O)c2no[n+]([O-])c2C(=O)c2ccc(OC)cc2)cc1.COc1ccc(C(=O)c2nonc2C(=O)c2ccc(OC)cc2)cc1.COc1ccc(C(C)=O)cc1. The van der Waals surface area contributed by atoms with E-state index in [9.17, 15) is 34.0 Å². The second kappa shape index (κ2) is 31.0. The Hall–Kier alpha value is -12.4. The highest BCUT2D eigenvalue weighted by atomic mass is 16.8. The van der Waals surface area contributed by atoms with Crippen molar-refractivity contribution in [1.82, 2.24) is 30.8 Å². The van der Waals surface area contributed by atoms with Gasteiger partial charge in [-0.15, -0.1) is 0 Å². The van der Waals surface area contributed by atoms with Crippen molar-refractivity contribution in [3.05, 3.63) is 231 Å². The van der Waals surface area contributed by atoms with Gasteiger partial charge >= 0.3 is 5.97 Å². The van der Waals surface area contributed by atoms with Crippen LogP contribution >= 0.6 is 0 Å². The minimum atomic E-state index is -0.680. The van der Waals surface area contributed by atoms with Gasteiger partial charge in [0.15, 0.2) is 28.4 Å². The van der Waals surface area contributed by atoms with Crippen molar-refractivity contribution < 1.29 is 85.5 Å². The molecule has 0 aliphatic heterocycles. The molecule has 0 bridgehead atoms. The second-order valence-electron chi connectivity index (χ2n) is 18.9. The molecule has 0 amide bonds. The summed E-state index contributed by atoms with van der Waals surface area (Å²) in [4.78, 5) is 78.6. The number of ether oxygens (including phenoxy) is 8. The first-order chi connectivity index (χ1) is 44.6. The Bertz CT molecular complexity index is 4270. The maximum Gasteiger partial charge on any atom is 0.357 e. The second-order valence-corrected chi connectivity index (χ2v) is 18.9. The van der Waals surface area contributed by atoms with Gasteiger partial charge in [0, 0.05) is 38.9 Å². The largest absolute Gasteiger partial charge is 0.497 e. The van der Waals surface area contributed by atoms with Gasteiger partial charge in [0.25, 0.3) is 11.4 Å². The van der Waals surface area contributed by atoms with Gasteiger partial charge in [-0.2, -0.15) is 0 Å². The number of ketones is 5. The molecule has 0 spiro atoms. The van der Waals surface area contributed by atoms with E-state index in [1.807, 2.05) is 24.3 Å². The number of pyridine rings is 1. The average molecular weight is 1250 g/mol. The number of nitrogens with zero attached hydrogens (tertiary/aromatic N) is 7. The number of Topliss-reactive ketones (excluding diaryl/α,β-unsaturated/α-hetero) is 1. The van der Waals surface area contributed by atoms with Crippen LogP contribution in [0.2, 0.25) is 0 Å². The first-order valence-corrected chi connectivity index (χ1v) is 27.5. The van der Waals surface area contributed by atoms with Crippen LogP contribution in [0.25, 0.3) is 33.4 Å². The summed E-state index contributed by atoms with van der Waals surface area (Å²) in [6.07, 6.45) is 0. The van der Waals surface area contributed by atoms with Crippen molar-refractivity contribution in [2.75, 3.05) is 56.4 Å². The topological polar surface area (TPSA) is 320 Å². The number of aromatic nitrogens is 7. The van der Waals surface area contributed by atoms with Gasteiger partial charge in [-0.3, -0.25) is 28.6 Å².